The number of halogens is 2. The van der Waals surface area contributed by atoms with Gasteiger partial charge in [-0.15, -0.1) is 0 Å². The van der Waals surface area contributed by atoms with Crippen LogP contribution in [0, 0.1) is 0 Å². The summed E-state index contributed by atoms with van der Waals surface area (Å²) in [6, 6.07) is 9.64. The molecule has 0 aliphatic rings. The van der Waals surface area contributed by atoms with Crippen molar-refractivity contribution < 1.29 is 13.2 Å². The van der Waals surface area contributed by atoms with Crippen molar-refractivity contribution in [2.24, 2.45) is 0 Å². The number of amides is 1. The monoisotopic (exact) mass is 472 g/mol. The number of aromatic nitrogens is 2. The van der Waals surface area contributed by atoms with Gasteiger partial charge in [-0.25, -0.2) is 17.7 Å². The topological polar surface area (TPSA) is 95.2 Å². The van der Waals surface area contributed by atoms with Crippen molar-refractivity contribution in [3.8, 4) is 0 Å². The molecule has 1 atom stereocenters. The molecule has 3 aromatic rings. The van der Waals surface area contributed by atoms with Crippen LogP contribution in [-0.4, -0.2) is 47.9 Å². The number of carbonyl (C=O) groups is 1. The molecule has 0 bridgehead atoms. The lowest BCUT2D eigenvalue weighted by Gasteiger charge is -2.15. The number of rotatable bonds is 6. The number of benzene rings is 2. The van der Waals surface area contributed by atoms with Crippen LogP contribution in [0.2, 0.25) is 10.0 Å². The number of hydrogen-bond donors (Lipinski definition) is 2. The van der Waals surface area contributed by atoms with Gasteiger partial charge < -0.3 is 10.3 Å². The number of hydrogen-bond acceptors (Lipinski definition) is 5. The quantitative estimate of drug-likeness (QED) is 0.523. The summed E-state index contributed by atoms with van der Waals surface area (Å²) in [4.78, 5) is 20.1. The number of anilines is 1. The van der Waals surface area contributed by atoms with Crippen LogP contribution in [-0.2, 0) is 14.8 Å². The molecular weight excluding hydrogens is 455 g/mol. The van der Waals surface area contributed by atoms with Gasteiger partial charge in [-0.2, -0.15) is 0 Å². The van der Waals surface area contributed by atoms with E-state index in [4.69, 9.17) is 23.2 Å². The molecule has 0 saturated carbocycles. The molecule has 0 aliphatic heterocycles. The second-order valence-corrected chi connectivity index (χ2v) is 10.7. The Morgan fingerprint density at radius 2 is 1.93 bits per heavy atom. The maximum Gasteiger partial charge on any atom is 0.244 e. The average molecular weight is 473 g/mol. The summed E-state index contributed by atoms with van der Waals surface area (Å²) in [5, 5.41) is 3.49. The molecule has 1 unspecified atom stereocenters. The molecule has 11 heteroatoms. The molecule has 1 heterocycles. The smallest absolute Gasteiger partial charge is 0.244 e. The molecule has 0 spiro atoms. The number of sulfonamides is 1. The van der Waals surface area contributed by atoms with Gasteiger partial charge in [-0.1, -0.05) is 35.0 Å². The zero-order chi connectivity index (χ0) is 21.3. The third-order valence-corrected chi connectivity index (χ3v) is 7.55. The summed E-state index contributed by atoms with van der Waals surface area (Å²) in [5.74, 6) is -0.302. The minimum Gasteiger partial charge on any atom is -0.333 e. The SMILES string of the molecule is CC(Sc1nc2ccc(Cl)cc2[nH]1)C(=O)Nc1ccc(Cl)c(S(=O)(=O)N(C)C)c1. The lowest BCUT2D eigenvalue weighted by molar-refractivity contribution is -0.115. The van der Waals surface area contributed by atoms with Crippen LogP contribution in [0.15, 0.2) is 46.5 Å². The fourth-order valence-electron chi connectivity index (χ4n) is 2.45. The number of carbonyl (C=O) groups excluding carboxylic acids is 1. The maximum atomic E-state index is 12.6. The Bertz CT molecular complexity index is 1180. The number of thioether (sulfide) groups is 1. The van der Waals surface area contributed by atoms with Crippen LogP contribution in [0.4, 0.5) is 5.69 Å². The highest BCUT2D eigenvalue weighted by Crippen LogP contribution is 2.29. The predicted molar refractivity (Wildman–Crippen MR) is 117 cm³/mol. The van der Waals surface area contributed by atoms with Gasteiger partial charge in [0.1, 0.15) is 4.90 Å². The van der Waals surface area contributed by atoms with E-state index in [1.54, 1.807) is 31.2 Å². The molecule has 7 nitrogen and oxygen atoms in total. The van der Waals surface area contributed by atoms with Gasteiger partial charge in [0.05, 0.1) is 21.3 Å². The van der Waals surface area contributed by atoms with E-state index in [1.807, 2.05) is 0 Å². The van der Waals surface area contributed by atoms with Crippen LogP contribution in [0.25, 0.3) is 11.0 Å². The minimum absolute atomic E-state index is 0.0727. The Hall–Kier alpha value is -1.78. The normalized spacial score (nSPS) is 13.0. The first-order valence-electron chi connectivity index (χ1n) is 8.43. The fraction of sp³-hybridized carbons (Fsp3) is 0.222. The molecule has 3 rings (SSSR count). The molecule has 0 fully saturated rings. The Labute approximate surface area is 182 Å². The van der Waals surface area contributed by atoms with Gasteiger partial charge in [-0.05, 0) is 43.3 Å². The predicted octanol–water partition coefficient (Wildman–Crippen LogP) is 4.24. The summed E-state index contributed by atoms with van der Waals surface area (Å²) in [7, 11) is -0.908. The molecule has 0 saturated heterocycles. The Balaban J connectivity index is 1.75. The molecule has 0 aliphatic carbocycles. The van der Waals surface area contributed by atoms with Crippen molar-refractivity contribution in [3.63, 3.8) is 0 Å². The number of aromatic amines is 1. The van der Waals surface area contributed by atoms with E-state index in [0.717, 1.165) is 15.3 Å². The van der Waals surface area contributed by atoms with E-state index in [9.17, 15) is 13.2 Å². The van der Waals surface area contributed by atoms with Gasteiger partial charge in [0.25, 0.3) is 0 Å². The van der Waals surface area contributed by atoms with Crippen LogP contribution in [0.3, 0.4) is 0 Å². The van der Waals surface area contributed by atoms with Crippen molar-refractivity contribution in [1.29, 1.82) is 0 Å². The zero-order valence-electron chi connectivity index (χ0n) is 15.7. The van der Waals surface area contributed by atoms with Gasteiger partial charge in [-0.3, -0.25) is 4.79 Å². The third-order valence-electron chi connectivity index (χ3n) is 4.04. The van der Waals surface area contributed by atoms with E-state index < -0.39 is 15.3 Å². The van der Waals surface area contributed by atoms with E-state index in [-0.39, 0.29) is 15.8 Å². The molecule has 2 N–H and O–H groups in total. The second kappa shape index (κ2) is 8.53. The summed E-state index contributed by atoms with van der Waals surface area (Å²) < 4.78 is 25.8. The highest BCUT2D eigenvalue weighted by atomic mass is 35.5. The fourth-order valence-corrected chi connectivity index (χ4v) is 4.84. The van der Waals surface area contributed by atoms with Crippen LogP contribution in [0.1, 0.15) is 6.92 Å². The summed E-state index contributed by atoms with van der Waals surface area (Å²) >= 11 is 13.3. The summed E-state index contributed by atoms with van der Waals surface area (Å²) in [5.41, 5.74) is 1.87. The minimum atomic E-state index is -3.73. The van der Waals surface area contributed by atoms with Gasteiger partial charge in [0.2, 0.25) is 15.9 Å². The van der Waals surface area contributed by atoms with Crippen molar-refractivity contribution in [3.05, 3.63) is 46.4 Å². The molecule has 0 radical (unpaired) electrons. The average Bonchev–Trinajstić information content (AvgIpc) is 3.04. The first-order valence-corrected chi connectivity index (χ1v) is 11.5. The van der Waals surface area contributed by atoms with Crippen molar-refractivity contribution in [2.45, 2.75) is 22.2 Å². The first-order chi connectivity index (χ1) is 13.6. The number of H-pyrrole nitrogens is 1. The number of fused-ring (bicyclic) bond motifs is 1. The number of nitrogens with zero attached hydrogens (tertiary/aromatic N) is 2. The number of imidazole rings is 1. The largest absolute Gasteiger partial charge is 0.333 e. The lowest BCUT2D eigenvalue weighted by Crippen LogP contribution is -2.24. The third kappa shape index (κ3) is 4.87. The summed E-state index contributed by atoms with van der Waals surface area (Å²) in [6.45, 7) is 1.73. The van der Waals surface area contributed by atoms with Crippen LogP contribution < -0.4 is 5.32 Å². The highest BCUT2D eigenvalue weighted by molar-refractivity contribution is 8.00. The summed E-state index contributed by atoms with van der Waals surface area (Å²) in [6.07, 6.45) is 0. The van der Waals surface area contributed by atoms with Gasteiger partial charge >= 0.3 is 0 Å². The molecular formula is C18H18Cl2N4O3S2. The first kappa shape index (κ1) is 21.9. The molecule has 29 heavy (non-hydrogen) atoms. The molecule has 2 aromatic carbocycles. The van der Waals surface area contributed by atoms with E-state index in [1.165, 1.54) is 38.0 Å². The molecule has 154 valence electrons. The van der Waals surface area contributed by atoms with Gasteiger partial charge in [0, 0.05) is 24.8 Å². The Kier molecular flexibility index (Phi) is 6.45. The Morgan fingerprint density at radius 3 is 2.62 bits per heavy atom. The molecule has 1 amide bonds. The van der Waals surface area contributed by atoms with Crippen LogP contribution in [0.5, 0.6) is 0 Å². The van der Waals surface area contributed by atoms with E-state index in [2.05, 4.69) is 15.3 Å². The Morgan fingerprint density at radius 1 is 1.21 bits per heavy atom. The van der Waals surface area contributed by atoms with Crippen molar-refractivity contribution in [2.75, 3.05) is 19.4 Å². The van der Waals surface area contributed by atoms with Crippen molar-refractivity contribution in [1.82, 2.24) is 14.3 Å². The number of nitrogens with one attached hydrogen (secondary N) is 2. The van der Waals surface area contributed by atoms with Crippen LogP contribution >= 0.6 is 35.0 Å². The van der Waals surface area contributed by atoms with Gasteiger partial charge in [0.15, 0.2) is 5.16 Å². The van der Waals surface area contributed by atoms with Crippen molar-refractivity contribution >= 4 is 67.6 Å². The maximum absolute atomic E-state index is 12.6. The van der Waals surface area contributed by atoms with E-state index in [0.29, 0.717) is 15.9 Å². The van der Waals surface area contributed by atoms with E-state index >= 15 is 0 Å². The zero-order valence-corrected chi connectivity index (χ0v) is 18.9. The second-order valence-electron chi connectivity index (χ2n) is 6.39. The highest BCUT2D eigenvalue weighted by Gasteiger charge is 2.22. The lowest BCUT2D eigenvalue weighted by atomic mass is 10.3. The molecule has 1 aromatic heterocycles. The standard InChI is InChI=1S/C18H18Cl2N4O3S2/c1-10(28-18-22-14-7-4-11(19)8-15(14)23-18)17(25)21-12-5-6-13(20)16(9-12)29(26,27)24(2)3/h4-10H,1-3H3,(H,21,25)(H,22,23).